The summed E-state index contributed by atoms with van der Waals surface area (Å²) in [6.07, 6.45) is 0. The maximum atomic E-state index is 12.6. The van der Waals surface area contributed by atoms with Crippen LogP contribution < -0.4 is 10.6 Å². The van der Waals surface area contributed by atoms with Crippen LogP contribution in [0.5, 0.6) is 0 Å². The van der Waals surface area contributed by atoms with E-state index in [1.807, 2.05) is 19.9 Å². The molecule has 0 saturated carbocycles. The van der Waals surface area contributed by atoms with Crippen LogP contribution in [0.3, 0.4) is 0 Å². The van der Waals surface area contributed by atoms with Gasteiger partial charge in [0.25, 0.3) is 11.8 Å². The first-order chi connectivity index (χ1) is 13.0. The maximum Gasteiger partial charge on any atom is 0.255 e. The predicted octanol–water partition coefficient (Wildman–Crippen LogP) is 5.46. The molecule has 0 radical (unpaired) electrons. The van der Waals surface area contributed by atoms with E-state index >= 15 is 0 Å². The molecule has 0 spiro atoms. The SMILES string of the molecule is Cc1ccc(C(=O)Nc2cccc(Cl)c2C)cc1NC(=O)c1ccccc1. The van der Waals surface area contributed by atoms with Crippen LogP contribution in [0, 0.1) is 13.8 Å². The topological polar surface area (TPSA) is 58.2 Å². The molecule has 4 nitrogen and oxygen atoms in total. The first kappa shape index (κ1) is 18.7. The fourth-order valence-electron chi connectivity index (χ4n) is 2.62. The van der Waals surface area contributed by atoms with Crippen molar-refractivity contribution >= 4 is 34.8 Å². The van der Waals surface area contributed by atoms with Gasteiger partial charge >= 0.3 is 0 Å². The van der Waals surface area contributed by atoms with E-state index in [-0.39, 0.29) is 11.8 Å². The van der Waals surface area contributed by atoms with Gasteiger partial charge in [0.05, 0.1) is 0 Å². The third kappa shape index (κ3) is 4.36. The molecule has 0 aliphatic carbocycles. The number of anilines is 2. The van der Waals surface area contributed by atoms with Crippen molar-refractivity contribution < 1.29 is 9.59 Å². The van der Waals surface area contributed by atoms with E-state index in [0.29, 0.717) is 27.5 Å². The highest BCUT2D eigenvalue weighted by atomic mass is 35.5. The third-order valence-corrected chi connectivity index (χ3v) is 4.71. The van der Waals surface area contributed by atoms with Gasteiger partial charge in [0.1, 0.15) is 0 Å². The molecule has 136 valence electrons. The van der Waals surface area contributed by atoms with Crippen LogP contribution in [-0.2, 0) is 0 Å². The summed E-state index contributed by atoms with van der Waals surface area (Å²) in [4.78, 5) is 25.0. The van der Waals surface area contributed by atoms with Gasteiger partial charge in [-0.15, -0.1) is 0 Å². The van der Waals surface area contributed by atoms with Crippen molar-refractivity contribution in [2.24, 2.45) is 0 Å². The van der Waals surface area contributed by atoms with Gasteiger partial charge in [-0.3, -0.25) is 9.59 Å². The van der Waals surface area contributed by atoms with Crippen LogP contribution in [0.1, 0.15) is 31.8 Å². The Bertz CT molecular complexity index is 1000. The zero-order chi connectivity index (χ0) is 19.4. The van der Waals surface area contributed by atoms with Gasteiger partial charge in [-0.2, -0.15) is 0 Å². The van der Waals surface area contributed by atoms with Gasteiger partial charge in [0.2, 0.25) is 0 Å². The fourth-order valence-corrected chi connectivity index (χ4v) is 2.79. The van der Waals surface area contributed by atoms with Gasteiger partial charge in [-0.25, -0.2) is 0 Å². The molecular weight excluding hydrogens is 360 g/mol. The molecule has 0 atom stereocenters. The molecule has 3 rings (SSSR count). The number of rotatable bonds is 4. The molecule has 3 aromatic rings. The van der Waals surface area contributed by atoms with E-state index in [1.54, 1.807) is 60.7 Å². The minimum atomic E-state index is -0.268. The van der Waals surface area contributed by atoms with E-state index in [9.17, 15) is 9.59 Å². The summed E-state index contributed by atoms with van der Waals surface area (Å²) in [7, 11) is 0. The van der Waals surface area contributed by atoms with Gasteiger partial charge in [0, 0.05) is 27.5 Å². The van der Waals surface area contributed by atoms with Crippen molar-refractivity contribution in [1.29, 1.82) is 0 Å². The first-order valence-electron chi connectivity index (χ1n) is 8.49. The first-order valence-corrected chi connectivity index (χ1v) is 8.87. The molecule has 0 bridgehead atoms. The molecule has 0 aliphatic heterocycles. The van der Waals surface area contributed by atoms with Gasteiger partial charge in [-0.05, 0) is 61.4 Å². The second-order valence-corrected chi connectivity index (χ2v) is 6.62. The van der Waals surface area contributed by atoms with Crippen molar-refractivity contribution in [3.8, 4) is 0 Å². The molecule has 27 heavy (non-hydrogen) atoms. The highest BCUT2D eigenvalue weighted by molar-refractivity contribution is 6.31. The second kappa shape index (κ2) is 8.06. The average Bonchev–Trinajstić information content (AvgIpc) is 2.67. The largest absolute Gasteiger partial charge is 0.322 e. The summed E-state index contributed by atoms with van der Waals surface area (Å²) in [5.41, 5.74) is 3.93. The van der Waals surface area contributed by atoms with Crippen LogP contribution in [0.15, 0.2) is 66.7 Å². The lowest BCUT2D eigenvalue weighted by Gasteiger charge is -2.12. The maximum absolute atomic E-state index is 12.6. The fraction of sp³-hybridized carbons (Fsp3) is 0.0909. The molecule has 0 unspecified atom stereocenters. The van der Waals surface area contributed by atoms with E-state index in [1.165, 1.54) is 0 Å². The Kier molecular flexibility index (Phi) is 5.57. The highest BCUT2D eigenvalue weighted by Crippen LogP contribution is 2.24. The molecule has 0 saturated heterocycles. The summed E-state index contributed by atoms with van der Waals surface area (Å²) in [5.74, 6) is -0.488. The molecule has 0 heterocycles. The summed E-state index contributed by atoms with van der Waals surface area (Å²) in [6.45, 7) is 3.72. The van der Waals surface area contributed by atoms with Crippen molar-refractivity contribution in [2.45, 2.75) is 13.8 Å². The number of hydrogen-bond donors (Lipinski definition) is 2. The van der Waals surface area contributed by atoms with Gasteiger partial charge < -0.3 is 10.6 Å². The number of amides is 2. The third-order valence-electron chi connectivity index (χ3n) is 4.30. The quantitative estimate of drug-likeness (QED) is 0.633. The van der Waals surface area contributed by atoms with Crippen molar-refractivity contribution in [1.82, 2.24) is 0 Å². The molecule has 3 aromatic carbocycles. The average molecular weight is 379 g/mol. The van der Waals surface area contributed by atoms with Crippen molar-refractivity contribution in [2.75, 3.05) is 10.6 Å². The Labute approximate surface area is 163 Å². The normalized spacial score (nSPS) is 10.3. The monoisotopic (exact) mass is 378 g/mol. The lowest BCUT2D eigenvalue weighted by molar-refractivity contribution is 0.101. The van der Waals surface area contributed by atoms with E-state index < -0.39 is 0 Å². The molecule has 2 N–H and O–H groups in total. The summed E-state index contributed by atoms with van der Waals surface area (Å²) in [5, 5.41) is 6.32. The number of hydrogen-bond acceptors (Lipinski definition) is 2. The zero-order valence-electron chi connectivity index (χ0n) is 15.0. The number of carbonyl (C=O) groups is 2. The molecule has 0 fully saturated rings. The lowest BCUT2D eigenvalue weighted by atomic mass is 10.1. The minimum absolute atomic E-state index is 0.220. The Morgan fingerprint density at radius 3 is 2.15 bits per heavy atom. The standard InChI is InChI=1S/C22H19ClN2O2/c1-14-11-12-17(22(27)24-19-10-6-9-18(23)15(19)2)13-20(14)25-21(26)16-7-4-3-5-8-16/h3-13H,1-2H3,(H,24,27)(H,25,26). The van der Waals surface area contributed by atoms with Crippen LogP contribution in [0.25, 0.3) is 0 Å². The second-order valence-electron chi connectivity index (χ2n) is 6.22. The Hall–Kier alpha value is -3.11. The van der Waals surface area contributed by atoms with Crippen LogP contribution >= 0.6 is 11.6 Å². The van der Waals surface area contributed by atoms with E-state index in [0.717, 1.165) is 11.1 Å². The number of aryl methyl sites for hydroxylation is 1. The number of carbonyl (C=O) groups excluding carboxylic acids is 2. The van der Waals surface area contributed by atoms with E-state index in [2.05, 4.69) is 10.6 Å². The number of benzene rings is 3. The Morgan fingerprint density at radius 1 is 0.741 bits per heavy atom. The zero-order valence-corrected chi connectivity index (χ0v) is 15.8. The Morgan fingerprint density at radius 2 is 1.41 bits per heavy atom. The molecule has 5 heteroatoms. The summed E-state index contributed by atoms with van der Waals surface area (Å²) >= 11 is 6.11. The van der Waals surface area contributed by atoms with Crippen LogP contribution in [0.2, 0.25) is 5.02 Å². The molecule has 2 amide bonds. The Balaban J connectivity index is 1.81. The van der Waals surface area contributed by atoms with E-state index in [4.69, 9.17) is 11.6 Å². The van der Waals surface area contributed by atoms with Crippen molar-refractivity contribution in [3.63, 3.8) is 0 Å². The molecule has 0 aromatic heterocycles. The molecule has 0 aliphatic rings. The smallest absolute Gasteiger partial charge is 0.255 e. The van der Waals surface area contributed by atoms with Gasteiger partial charge in [-0.1, -0.05) is 41.9 Å². The predicted molar refractivity (Wildman–Crippen MR) is 110 cm³/mol. The summed E-state index contributed by atoms with van der Waals surface area (Å²) in [6, 6.07) is 19.5. The lowest BCUT2D eigenvalue weighted by Crippen LogP contribution is -2.16. The van der Waals surface area contributed by atoms with Crippen LogP contribution in [0.4, 0.5) is 11.4 Å². The number of nitrogens with one attached hydrogen (secondary N) is 2. The molecular formula is C22H19ClN2O2. The van der Waals surface area contributed by atoms with Crippen molar-refractivity contribution in [3.05, 3.63) is 94.0 Å². The van der Waals surface area contributed by atoms with Crippen LogP contribution in [-0.4, -0.2) is 11.8 Å². The minimum Gasteiger partial charge on any atom is -0.322 e. The summed E-state index contributed by atoms with van der Waals surface area (Å²) < 4.78 is 0. The highest BCUT2D eigenvalue weighted by Gasteiger charge is 2.13. The van der Waals surface area contributed by atoms with Gasteiger partial charge in [0.15, 0.2) is 0 Å². The number of halogens is 1.